The molecule has 0 aliphatic heterocycles. The Labute approximate surface area is 87.7 Å². The molecule has 16 heavy (non-hydrogen) atoms. The number of hydrogen-bond acceptors (Lipinski definition) is 4. The molecule has 84 valence electrons. The molecule has 0 saturated heterocycles. The topological polar surface area (TPSA) is 69.6 Å². The van der Waals surface area contributed by atoms with Crippen LogP contribution in [0.1, 0.15) is 5.56 Å². The van der Waals surface area contributed by atoms with Crippen LogP contribution in [0.5, 0.6) is 0 Å². The van der Waals surface area contributed by atoms with E-state index in [4.69, 9.17) is 5.73 Å². The fourth-order valence-corrected chi connectivity index (χ4v) is 1.15. The van der Waals surface area contributed by atoms with E-state index in [-0.39, 0.29) is 11.8 Å². The van der Waals surface area contributed by atoms with Gasteiger partial charge < -0.3 is 5.73 Å². The Morgan fingerprint density at radius 1 is 1.31 bits per heavy atom. The first-order valence-corrected chi connectivity index (χ1v) is 4.18. The summed E-state index contributed by atoms with van der Waals surface area (Å²) in [6.07, 6.45) is -1.22. The maximum absolute atomic E-state index is 12.6. The highest BCUT2D eigenvalue weighted by molar-refractivity contribution is 5.37. The Balaban J connectivity index is 2.63. The molecule has 0 unspecified atom stereocenters. The number of rotatable bonds is 1. The highest BCUT2D eigenvalue weighted by Gasteiger charge is 2.35. The third-order valence-electron chi connectivity index (χ3n) is 1.81. The largest absolute Gasteiger partial charge is 0.421 e. The van der Waals surface area contributed by atoms with E-state index in [2.05, 4.69) is 15.1 Å². The van der Waals surface area contributed by atoms with Gasteiger partial charge in [0.05, 0.1) is 0 Å². The number of hydrogen-bond donors (Lipinski definition) is 1. The molecule has 8 heteroatoms. The smallest absolute Gasteiger partial charge is 0.368 e. The van der Waals surface area contributed by atoms with Crippen LogP contribution in [0, 0.1) is 0 Å². The lowest BCUT2D eigenvalue weighted by atomic mass is 10.3. The molecule has 0 spiro atoms. The van der Waals surface area contributed by atoms with Gasteiger partial charge in [-0.15, -0.1) is 0 Å². The Bertz CT molecular complexity index is 491. The van der Waals surface area contributed by atoms with Crippen molar-refractivity contribution in [1.29, 1.82) is 0 Å². The maximum Gasteiger partial charge on any atom is 0.421 e. The lowest BCUT2D eigenvalue weighted by molar-refractivity contribution is -0.138. The molecule has 0 atom stereocenters. The second-order valence-corrected chi connectivity index (χ2v) is 2.91. The molecule has 5 nitrogen and oxygen atoms in total. The second-order valence-electron chi connectivity index (χ2n) is 2.91. The van der Waals surface area contributed by atoms with E-state index in [0.29, 0.717) is 6.20 Å². The first-order valence-electron chi connectivity index (χ1n) is 4.18. The number of alkyl halides is 3. The summed E-state index contributed by atoms with van der Waals surface area (Å²) in [6.45, 7) is 0. The Kier molecular flexibility index (Phi) is 2.26. The van der Waals surface area contributed by atoms with Gasteiger partial charge in [0.25, 0.3) is 0 Å². The van der Waals surface area contributed by atoms with E-state index in [9.17, 15) is 13.2 Å². The summed E-state index contributed by atoms with van der Waals surface area (Å²) in [6, 6.07) is 1.48. The molecule has 0 fully saturated rings. The SMILES string of the molecule is Nc1ncc(C(F)(F)F)c(-n2cccn2)n1. The van der Waals surface area contributed by atoms with Crippen molar-refractivity contribution in [2.75, 3.05) is 5.73 Å². The van der Waals surface area contributed by atoms with Gasteiger partial charge in [-0.05, 0) is 6.07 Å². The van der Waals surface area contributed by atoms with Crippen molar-refractivity contribution in [3.63, 3.8) is 0 Å². The maximum atomic E-state index is 12.6. The Morgan fingerprint density at radius 2 is 2.06 bits per heavy atom. The van der Waals surface area contributed by atoms with Gasteiger partial charge in [0.2, 0.25) is 5.95 Å². The van der Waals surface area contributed by atoms with Crippen molar-refractivity contribution < 1.29 is 13.2 Å². The summed E-state index contributed by atoms with van der Waals surface area (Å²) in [7, 11) is 0. The van der Waals surface area contributed by atoms with Crippen LogP contribution in [0.3, 0.4) is 0 Å². The van der Waals surface area contributed by atoms with Crippen molar-refractivity contribution in [2.24, 2.45) is 0 Å². The number of halogens is 3. The monoisotopic (exact) mass is 229 g/mol. The van der Waals surface area contributed by atoms with E-state index in [0.717, 1.165) is 4.68 Å². The molecule has 0 aliphatic rings. The van der Waals surface area contributed by atoms with Gasteiger partial charge in [-0.25, -0.2) is 9.67 Å². The number of aromatic nitrogens is 4. The van der Waals surface area contributed by atoms with Crippen molar-refractivity contribution in [3.8, 4) is 5.82 Å². The second kappa shape index (κ2) is 3.47. The van der Waals surface area contributed by atoms with Gasteiger partial charge in [-0.2, -0.15) is 23.3 Å². The summed E-state index contributed by atoms with van der Waals surface area (Å²) in [5.74, 6) is -0.622. The summed E-state index contributed by atoms with van der Waals surface area (Å²) < 4.78 is 38.8. The molecule has 0 amide bonds. The summed E-state index contributed by atoms with van der Waals surface area (Å²) in [5.41, 5.74) is 4.27. The van der Waals surface area contributed by atoms with Crippen LogP contribution in [0.15, 0.2) is 24.7 Å². The standard InChI is InChI=1S/C8H6F3N5/c9-8(10,11)5-4-13-7(12)15-6(5)16-3-1-2-14-16/h1-4H,(H2,12,13,15). The molecule has 2 aromatic rings. The third kappa shape index (κ3) is 1.81. The zero-order valence-electron chi connectivity index (χ0n) is 7.81. The van der Waals surface area contributed by atoms with Crippen molar-refractivity contribution in [2.45, 2.75) is 6.18 Å². The highest BCUT2D eigenvalue weighted by Crippen LogP contribution is 2.32. The fourth-order valence-electron chi connectivity index (χ4n) is 1.15. The van der Waals surface area contributed by atoms with Crippen LogP contribution in [0.2, 0.25) is 0 Å². The minimum Gasteiger partial charge on any atom is -0.368 e. The molecule has 0 bridgehead atoms. The molecular formula is C8H6F3N5. The lowest BCUT2D eigenvalue weighted by Crippen LogP contribution is -2.15. The molecule has 0 aromatic carbocycles. The predicted molar refractivity (Wildman–Crippen MR) is 48.6 cm³/mol. The predicted octanol–water partition coefficient (Wildman–Crippen LogP) is 1.26. The van der Waals surface area contributed by atoms with E-state index in [1.807, 2.05) is 0 Å². The first-order chi connectivity index (χ1) is 7.48. The van der Waals surface area contributed by atoms with Crippen LogP contribution in [-0.4, -0.2) is 19.7 Å². The Hall–Kier alpha value is -2.12. The Morgan fingerprint density at radius 3 is 2.62 bits per heavy atom. The number of nitrogens with two attached hydrogens (primary N) is 1. The molecular weight excluding hydrogens is 223 g/mol. The molecule has 0 aliphatic carbocycles. The van der Waals surface area contributed by atoms with Gasteiger partial charge in [-0.3, -0.25) is 0 Å². The molecule has 0 radical (unpaired) electrons. The fraction of sp³-hybridized carbons (Fsp3) is 0.125. The van der Waals surface area contributed by atoms with Crippen LogP contribution in [0.25, 0.3) is 5.82 Å². The van der Waals surface area contributed by atoms with Crippen LogP contribution >= 0.6 is 0 Å². The van der Waals surface area contributed by atoms with E-state index < -0.39 is 11.7 Å². The van der Waals surface area contributed by atoms with E-state index in [1.165, 1.54) is 18.5 Å². The molecule has 0 saturated carbocycles. The normalized spacial score (nSPS) is 11.7. The van der Waals surface area contributed by atoms with Gasteiger partial charge in [0.15, 0.2) is 5.82 Å². The van der Waals surface area contributed by atoms with Gasteiger partial charge >= 0.3 is 6.18 Å². The molecule has 2 aromatic heterocycles. The lowest BCUT2D eigenvalue weighted by Gasteiger charge is -2.11. The van der Waals surface area contributed by atoms with Gasteiger partial charge in [-0.1, -0.05) is 0 Å². The van der Waals surface area contributed by atoms with Crippen molar-refractivity contribution >= 4 is 5.95 Å². The van der Waals surface area contributed by atoms with Crippen LogP contribution in [0.4, 0.5) is 19.1 Å². The number of nitrogens with zero attached hydrogens (tertiary/aromatic N) is 4. The third-order valence-corrected chi connectivity index (χ3v) is 1.81. The average Bonchev–Trinajstić information content (AvgIpc) is 2.68. The van der Waals surface area contributed by atoms with E-state index in [1.54, 1.807) is 0 Å². The van der Waals surface area contributed by atoms with Gasteiger partial charge in [0, 0.05) is 18.6 Å². The quantitative estimate of drug-likeness (QED) is 0.799. The summed E-state index contributed by atoms with van der Waals surface area (Å²) >= 11 is 0. The molecule has 2 N–H and O–H groups in total. The van der Waals surface area contributed by atoms with Crippen LogP contribution in [-0.2, 0) is 6.18 Å². The summed E-state index contributed by atoms with van der Waals surface area (Å²) in [4.78, 5) is 6.85. The zero-order valence-corrected chi connectivity index (χ0v) is 7.81. The van der Waals surface area contributed by atoms with Crippen molar-refractivity contribution in [3.05, 3.63) is 30.2 Å². The zero-order chi connectivity index (χ0) is 11.8. The van der Waals surface area contributed by atoms with Gasteiger partial charge in [0.1, 0.15) is 5.56 Å². The molecule has 2 heterocycles. The number of nitrogen functional groups attached to an aromatic ring is 1. The highest BCUT2D eigenvalue weighted by atomic mass is 19.4. The average molecular weight is 229 g/mol. The van der Waals surface area contributed by atoms with E-state index >= 15 is 0 Å². The van der Waals surface area contributed by atoms with Crippen LogP contribution < -0.4 is 5.73 Å². The first kappa shape index (κ1) is 10.4. The summed E-state index contributed by atoms with van der Waals surface area (Å²) in [5, 5.41) is 3.67. The number of anilines is 1. The minimum atomic E-state index is -4.55. The minimum absolute atomic E-state index is 0.237. The molecule has 2 rings (SSSR count). The van der Waals surface area contributed by atoms with Crippen molar-refractivity contribution in [1.82, 2.24) is 19.7 Å².